The summed E-state index contributed by atoms with van der Waals surface area (Å²) in [5, 5.41) is -0.323. The maximum Gasteiger partial charge on any atom is 0.265 e. The van der Waals surface area contributed by atoms with Crippen molar-refractivity contribution in [3.63, 3.8) is 0 Å². The van der Waals surface area contributed by atoms with Crippen molar-refractivity contribution in [2.24, 2.45) is 0 Å². The maximum atomic E-state index is 10.9. The second-order valence-corrected chi connectivity index (χ2v) is 6.07. The lowest BCUT2D eigenvalue weighted by molar-refractivity contribution is 0.609. The van der Waals surface area contributed by atoms with Crippen molar-refractivity contribution >= 4 is 58.9 Å². The van der Waals surface area contributed by atoms with E-state index in [-0.39, 0.29) is 15.1 Å². The Morgan fingerprint density at radius 2 is 1.92 bits per heavy atom. The van der Waals surface area contributed by atoms with Crippen LogP contribution in [0.5, 0.6) is 0 Å². The van der Waals surface area contributed by atoms with Crippen molar-refractivity contribution in [2.45, 2.75) is 4.90 Å². The van der Waals surface area contributed by atoms with Crippen LogP contribution in [0.3, 0.4) is 0 Å². The molecule has 0 spiro atoms. The lowest BCUT2D eigenvalue weighted by Gasteiger charge is -2.02. The van der Waals surface area contributed by atoms with E-state index in [9.17, 15) is 8.42 Å². The zero-order valence-corrected chi connectivity index (χ0v) is 10.4. The largest absolute Gasteiger partial charge is 0.265 e. The fraction of sp³-hybridized carbons (Fsp3) is 0. The molecular formula is C5HBrCl3NO2S. The molecule has 0 amide bonds. The maximum absolute atomic E-state index is 10.9. The van der Waals surface area contributed by atoms with Crippen LogP contribution in [0.25, 0.3) is 0 Å². The second kappa shape index (κ2) is 3.90. The first kappa shape index (κ1) is 11.5. The van der Waals surface area contributed by atoms with E-state index in [0.717, 1.165) is 0 Å². The average molecular weight is 325 g/mol. The van der Waals surface area contributed by atoms with Gasteiger partial charge in [-0.15, -0.1) is 0 Å². The van der Waals surface area contributed by atoms with Crippen molar-refractivity contribution in [3.8, 4) is 0 Å². The second-order valence-electron chi connectivity index (χ2n) is 1.98. The molecule has 1 heterocycles. The Labute approximate surface area is 97.6 Å². The molecule has 1 aromatic heterocycles. The van der Waals surface area contributed by atoms with E-state index in [1.807, 2.05) is 0 Å². The monoisotopic (exact) mass is 323 g/mol. The Balaban J connectivity index is 3.57. The number of aromatic nitrogens is 1. The van der Waals surface area contributed by atoms with Crippen LogP contribution in [0, 0.1) is 0 Å². The van der Waals surface area contributed by atoms with Gasteiger partial charge >= 0.3 is 0 Å². The Hall–Kier alpha value is 0.450. The molecule has 0 unspecified atom stereocenters. The van der Waals surface area contributed by atoms with Gasteiger partial charge in [0.1, 0.15) is 9.50 Å². The van der Waals surface area contributed by atoms with E-state index in [4.69, 9.17) is 33.9 Å². The first-order chi connectivity index (χ1) is 5.82. The normalized spacial score (nSPS) is 11.7. The Morgan fingerprint density at radius 3 is 2.31 bits per heavy atom. The molecule has 0 aliphatic heterocycles. The van der Waals surface area contributed by atoms with E-state index >= 15 is 0 Å². The third kappa shape index (κ3) is 2.70. The quantitative estimate of drug-likeness (QED) is 0.589. The summed E-state index contributed by atoms with van der Waals surface area (Å²) in [4.78, 5) is 3.26. The van der Waals surface area contributed by atoms with Gasteiger partial charge in [-0.3, -0.25) is 0 Å². The number of rotatable bonds is 1. The van der Waals surface area contributed by atoms with Crippen molar-refractivity contribution in [1.29, 1.82) is 0 Å². The van der Waals surface area contributed by atoms with Crippen molar-refractivity contribution in [2.75, 3.05) is 0 Å². The topological polar surface area (TPSA) is 47.0 Å². The molecule has 0 fully saturated rings. The summed E-state index contributed by atoms with van der Waals surface area (Å²) in [5.41, 5.74) is 0. The molecule has 0 radical (unpaired) electrons. The van der Waals surface area contributed by atoms with Crippen molar-refractivity contribution in [1.82, 2.24) is 4.98 Å². The minimum absolute atomic E-state index is 0.0677. The highest BCUT2D eigenvalue weighted by Crippen LogP contribution is 2.32. The highest BCUT2D eigenvalue weighted by Gasteiger charge is 2.20. The molecule has 0 N–H and O–H groups in total. The van der Waals surface area contributed by atoms with Crippen LogP contribution >= 0.6 is 49.8 Å². The van der Waals surface area contributed by atoms with E-state index < -0.39 is 9.05 Å². The molecule has 3 nitrogen and oxygen atoms in total. The summed E-state index contributed by atoms with van der Waals surface area (Å²) in [6.07, 6.45) is 0. The SMILES string of the molecule is O=S(=O)(Cl)c1c(Cl)cc(Br)nc1Cl. The summed E-state index contributed by atoms with van der Waals surface area (Å²) < 4.78 is 22.2. The standard InChI is InChI=1S/C5HBrCl3NO2S/c6-3-1-2(7)4(5(8)10-3)13(9,11)12/h1H. The minimum atomic E-state index is -3.96. The minimum Gasteiger partial charge on any atom is -0.228 e. The van der Waals surface area contributed by atoms with Crippen molar-refractivity contribution < 1.29 is 8.42 Å². The lowest BCUT2D eigenvalue weighted by Crippen LogP contribution is -1.95. The zero-order chi connectivity index (χ0) is 10.2. The van der Waals surface area contributed by atoms with E-state index in [0.29, 0.717) is 4.60 Å². The number of halogens is 4. The molecule has 0 aliphatic rings. The summed E-state index contributed by atoms with van der Waals surface area (Å²) >= 11 is 14.1. The van der Waals surface area contributed by atoms with Gasteiger partial charge in [0.2, 0.25) is 0 Å². The van der Waals surface area contributed by atoms with Gasteiger partial charge in [-0.25, -0.2) is 13.4 Å². The van der Waals surface area contributed by atoms with Gasteiger partial charge in [0.15, 0.2) is 5.15 Å². The molecule has 0 atom stereocenters. The molecule has 0 saturated heterocycles. The Morgan fingerprint density at radius 1 is 1.38 bits per heavy atom. The number of hydrogen-bond acceptors (Lipinski definition) is 3. The summed E-state index contributed by atoms with van der Waals surface area (Å²) in [7, 11) is 1.11. The molecule has 1 rings (SSSR count). The Bertz CT molecular complexity index is 424. The third-order valence-electron chi connectivity index (χ3n) is 1.10. The lowest BCUT2D eigenvalue weighted by atomic mass is 10.5. The van der Waals surface area contributed by atoms with Crippen LogP contribution < -0.4 is 0 Å². The summed E-state index contributed by atoms with van der Waals surface area (Å²) in [6.45, 7) is 0. The molecule has 0 saturated carbocycles. The molecular weight excluding hydrogens is 324 g/mol. The highest BCUT2D eigenvalue weighted by molar-refractivity contribution is 9.10. The van der Waals surface area contributed by atoms with Gasteiger partial charge in [0, 0.05) is 10.7 Å². The fourth-order valence-electron chi connectivity index (χ4n) is 0.663. The number of hydrogen-bond donors (Lipinski definition) is 0. The van der Waals surface area contributed by atoms with Gasteiger partial charge in [-0.1, -0.05) is 23.2 Å². The fourth-order valence-corrected chi connectivity index (χ4v) is 3.59. The Kier molecular flexibility index (Phi) is 3.46. The van der Waals surface area contributed by atoms with Crippen LogP contribution in [0.4, 0.5) is 0 Å². The molecule has 0 aliphatic carbocycles. The molecule has 13 heavy (non-hydrogen) atoms. The predicted octanol–water partition coefficient (Wildman–Crippen LogP) is 3.08. The highest BCUT2D eigenvalue weighted by atomic mass is 79.9. The molecule has 8 heteroatoms. The van der Waals surface area contributed by atoms with E-state index in [2.05, 4.69) is 20.9 Å². The number of nitrogens with zero attached hydrogens (tertiary/aromatic N) is 1. The van der Waals surface area contributed by atoms with Gasteiger partial charge in [-0.2, -0.15) is 0 Å². The average Bonchev–Trinajstić information content (AvgIpc) is 1.78. The third-order valence-corrected chi connectivity index (χ3v) is 3.66. The molecule has 0 bridgehead atoms. The number of pyridine rings is 1. The zero-order valence-electron chi connectivity index (χ0n) is 5.76. The van der Waals surface area contributed by atoms with Crippen molar-refractivity contribution in [3.05, 3.63) is 20.8 Å². The van der Waals surface area contributed by atoms with Crippen LogP contribution in [0.1, 0.15) is 0 Å². The first-order valence-corrected chi connectivity index (χ1v) is 6.64. The van der Waals surface area contributed by atoms with Gasteiger partial charge < -0.3 is 0 Å². The van der Waals surface area contributed by atoms with Gasteiger partial charge in [-0.05, 0) is 22.0 Å². The molecule has 72 valence electrons. The predicted molar refractivity (Wildman–Crippen MR) is 55.0 cm³/mol. The van der Waals surface area contributed by atoms with Crippen LogP contribution in [0.2, 0.25) is 10.2 Å². The van der Waals surface area contributed by atoms with Gasteiger partial charge in [0.25, 0.3) is 9.05 Å². The van der Waals surface area contributed by atoms with Crippen LogP contribution in [-0.2, 0) is 9.05 Å². The first-order valence-electron chi connectivity index (χ1n) is 2.78. The van der Waals surface area contributed by atoms with E-state index in [1.54, 1.807) is 0 Å². The molecule has 1 aromatic rings. The summed E-state index contributed by atoms with van der Waals surface area (Å²) in [6, 6.07) is 1.29. The summed E-state index contributed by atoms with van der Waals surface area (Å²) in [5.74, 6) is 0. The van der Waals surface area contributed by atoms with E-state index in [1.165, 1.54) is 6.07 Å². The molecule has 0 aromatic carbocycles. The van der Waals surface area contributed by atoms with Crippen LogP contribution in [-0.4, -0.2) is 13.4 Å². The smallest absolute Gasteiger partial charge is 0.228 e. The van der Waals surface area contributed by atoms with Crippen LogP contribution in [0.15, 0.2) is 15.6 Å². The van der Waals surface area contributed by atoms with Gasteiger partial charge in [0.05, 0.1) is 5.02 Å².